The number of nitrogens with zero attached hydrogens (tertiary/aromatic N) is 1. The highest BCUT2D eigenvalue weighted by molar-refractivity contribution is 9.11. The number of amides is 1. The number of hydrogen-bond acceptors (Lipinski definition) is 5. The minimum absolute atomic E-state index is 0.124. The lowest BCUT2D eigenvalue weighted by Gasteiger charge is -2.10. The third kappa shape index (κ3) is 5.71. The SMILES string of the molecule is CCC(C)c1ccc(OCC(=O)NN=Cc2cc(Br)c(O)c(Br)c2O)cc1. The normalized spacial score (nSPS) is 12.1. The van der Waals surface area contributed by atoms with Gasteiger partial charge in [0.05, 0.1) is 10.7 Å². The maximum Gasteiger partial charge on any atom is 0.277 e. The van der Waals surface area contributed by atoms with Gasteiger partial charge in [0, 0.05) is 5.56 Å². The van der Waals surface area contributed by atoms with E-state index in [-0.39, 0.29) is 22.6 Å². The number of aromatic hydroxyl groups is 2. The van der Waals surface area contributed by atoms with Crippen molar-refractivity contribution in [2.24, 2.45) is 5.10 Å². The maximum absolute atomic E-state index is 11.8. The molecule has 0 aliphatic heterocycles. The number of ether oxygens (including phenoxy) is 1. The smallest absolute Gasteiger partial charge is 0.277 e. The van der Waals surface area contributed by atoms with E-state index in [0.717, 1.165) is 6.42 Å². The Kier molecular flexibility index (Phi) is 7.67. The van der Waals surface area contributed by atoms with Crippen LogP contribution in [0.15, 0.2) is 44.4 Å². The van der Waals surface area contributed by atoms with Gasteiger partial charge in [-0.25, -0.2) is 5.43 Å². The molecule has 8 heteroatoms. The summed E-state index contributed by atoms with van der Waals surface area (Å²) >= 11 is 6.23. The summed E-state index contributed by atoms with van der Waals surface area (Å²) < 4.78 is 5.95. The lowest BCUT2D eigenvalue weighted by atomic mass is 9.99. The molecule has 2 aromatic rings. The van der Waals surface area contributed by atoms with Gasteiger partial charge in [-0.1, -0.05) is 26.0 Å². The summed E-state index contributed by atoms with van der Waals surface area (Å²) in [6.45, 7) is 4.11. The van der Waals surface area contributed by atoms with Gasteiger partial charge in [-0.3, -0.25) is 4.79 Å². The lowest BCUT2D eigenvalue weighted by molar-refractivity contribution is -0.123. The predicted octanol–water partition coefficient (Wildman–Crippen LogP) is 4.67. The fraction of sp³-hybridized carbons (Fsp3) is 0.263. The molecule has 0 saturated carbocycles. The van der Waals surface area contributed by atoms with Crippen LogP contribution in [0.5, 0.6) is 17.2 Å². The van der Waals surface area contributed by atoms with Gasteiger partial charge in [0.1, 0.15) is 21.7 Å². The molecule has 0 aromatic heterocycles. The van der Waals surface area contributed by atoms with E-state index in [2.05, 4.69) is 56.2 Å². The zero-order chi connectivity index (χ0) is 20.0. The monoisotopic (exact) mass is 498 g/mol. The van der Waals surface area contributed by atoms with Gasteiger partial charge in [-0.05, 0) is 68.0 Å². The van der Waals surface area contributed by atoms with Crippen molar-refractivity contribution in [3.63, 3.8) is 0 Å². The van der Waals surface area contributed by atoms with E-state index in [9.17, 15) is 15.0 Å². The van der Waals surface area contributed by atoms with Crippen molar-refractivity contribution in [3.05, 3.63) is 50.4 Å². The summed E-state index contributed by atoms with van der Waals surface area (Å²) in [7, 11) is 0. The van der Waals surface area contributed by atoms with Gasteiger partial charge in [0.2, 0.25) is 0 Å². The molecule has 0 heterocycles. The zero-order valence-electron chi connectivity index (χ0n) is 14.9. The molecule has 0 saturated heterocycles. The predicted molar refractivity (Wildman–Crippen MR) is 112 cm³/mol. The largest absolute Gasteiger partial charge is 0.506 e. The van der Waals surface area contributed by atoms with Crippen molar-refractivity contribution in [1.82, 2.24) is 5.43 Å². The molecular weight excluding hydrogens is 480 g/mol. The molecule has 0 spiro atoms. The van der Waals surface area contributed by atoms with Crippen molar-refractivity contribution in [2.45, 2.75) is 26.2 Å². The molecule has 1 atom stereocenters. The Morgan fingerprint density at radius 1 is 1.26 bits per heavy atom. The molecule has 1 amide bonds. The molecule has 0 bridgehead atoms. The number of phenolic OH excluding ortho intramolecular Hbond substituents is 2. The molecule has 2 aromatic carbocycles. The number of carbonyl (C=O) groups excluding carboxylic acids is 1. The Labute approximate surface area is 174 Å². The van der Waals surface area contributed by atoms with Crippen LogP contribution >= 0.6 is 31.9 Å². The third-order valence-corrected chi connectivity index (χ3v) is 5.38. The van der Waals surface area contributed by atoms with Gasteiger partial charge in [-0.2, -0.15) is 5.10 Å². The number of carbonyl (C=O) groups is 1. The Hall–Kier alpha value is -2.06. The number of nitrogens with one attached hydrogen (secondary N) is 1. The number of rotatable bonds is 7. The standard InChI is InChI=1S/C19H20Br2N2O4/c1-3-11(2)12-4-6-14(7-5-12)27-10-16(24)23-22-9-13-8-15(20)19(26)17(21)18(13)25/h4-9,11,25-26H,3,10H2,1-2H3,(H,23,24). The minimum atomic E-state index is -0.436. The molecule has 6 nitrogen and oxygen atoms in total. The number of hydrogen-bond donors (Lipinski definition) is 3. The van der Waals surface area contributed by atoms with Crippen molar-refractivity contribution in [3.8, 4) is 17.2 Å². The number of benzene rings is 2. The highest BCUT2D eigenvalue weighted by Crippen LogP contribution is 2.40. The molecule has 1 unspecified atom stereocenters. The van der Waals surface area contributed by atoms with E-state index in [1.807, 2.05) is 24.3 Å². The number of halogens is 2. The Morgan fingerprint density at radius 2 is 1.93 bits per heavy atom. The second-order valence-corrected chi connectivity index (χ2v) is 7.57. The summed E-state index contributed by atoms with van der Waals surface area (Å²) in [6.07, 6.45) is 2.33. The summed E-state index contributed by atoms with van der Waals surface area (Å²) in [5.41, 5.74) is 3.86. The third-order valence-electron chi connectivity index (χ3n) is 4.02. The van der Waals surface area contributed by atoms with Gasteiger partial charge in [-0.15, -0.1) is 0 Å². The summed E-state index contributed by atoms with van der Waals surface area (Å²) in [4.78, 5) is 11.8. The van der Waals surface area contributed by atoms with Gasteiger partial charge in [0.25, 0.3) is 5.91 Å². The molecule has 0 aliphatic rings. The highest BCUT2D eigenvalue weighted by Gasteiger charge is 2.13. The summed E-state index contributed by atoms with van der Waals surface area (Å²) in [5, 5.41) is 23.4. The van der Waals surface area contributed by atoms with Crippen LogP contribution in [-0.4, -0.2) is 28.9 Å². The first-order chi connectivity index (χ1) is 12.8. The lowest BCUT2D eigenvalue weighted by Crippen LogP contribution is -2.24. The van der Waals surface area contributed by atoms with Crippen LogP contribution in [0.4, 0.5) is 0 Å². The van der Waals surface area contributed by atoms with Gasteiger partial charge in [0.15, 0.2) is 6.61 Å². The first-order valence-corrected chi connectivity index (χ1v) is 9.86. The first-order valence-electron chi connectivity index (χ1n) is 8.28. The van der Waals surface area contributed by atoms with E-state index < -0.39 is 5.91 Å². The molecule has 27 heavy (non-hydrogen) atoms. The minimum Gasteiger partial charge on any atom is -0.506 e. The summed E-state index contributed by atoms with van der Waals surface area (Å²) in [6, 6.07) is 9.12. The van der Waals surface area contributed by atoms with Crippen LogP contribution in [0.2, 0.25) is 0 Å². The first kappa shape index (κ1) is 21.2. The van der Waals surface area contributed by atoms with Crippen molar-refractivity contribution >= 4 is 44.0 Å². The van der Waals surface area contributed by atoms with Crippen molar-refractivity contribution in [2.75, 3.05) is 6.61 Å². The fourth-order valence-electron chi connectivity index (χ4n) is 2.20. The number of hydrazone groups is 1. The zero-order valence-corrected chi connectivity index (χ0v) is 18.0. The number of phenols is 2. The van der Waals surface area contributed by atoms with Crippen LogP contribution in [0, 0.1) is 0 Å². The Bertz CT molecular complexity index is 839. The van der Waals surface area contributed by atoms with Crippen LogP contribution in [0.25, 0.3) is 0 Å². The molecule has 0 aliphatic carbocycles. The van der Waals surface area contributed by atoms with Crippen LogP contribution in [-0.2, 0) is 4.79 Å². The van der Waals surface area contributed by atoms with Crippen LogP contribution in [0.3, 0.4) is 0 Å². The quantitative estimate of drug-likeness (QED) is 0.381. The average molecular weight is 500 g/mol. The second-order valence-electron chi connectivity index (χ2n) is 5.92. The van der Waals surface area contributed by atoms with Gasteiger partial charge >= 0.3 is 0 Å². The average Bonchev–Trinajstić information content (AvgIpc) is 2.68. The molecular formula is C19H20Br2N2O4. The van der Waals surface area contributed by atoms with E-state index in [0.29, 0.717) is 21.7 Å². The second kappa shape index (κ2) is 9.75. The van der Waals surface area contributed by atoms with E-state index >= 15 is 0 Å². The van der Waals surface area contributed by atoms with E-state index in [4.69, 9.17) is 4.74 Å². The van der Waals surface area contributed by atoms with E-state index in [1.165, 1.54) is 17.8 Å². The molecule has 0 radical (unpaired) electrons. The highest BCUT2D eigenvalue weighted by atomic mass is 79.9. The Morgan fingerprint density at radius 3 is 2.56 bits per heavy atom. The van der Waals surface area contributed by atoms with Gasteiger partial charge < -0.3 is 14.9 Å². The van der Waals surface area contributed by atoms with Crippen LogP contribution in [0.1, 0.15) is 37.3 Å². The maximum atomic E-state index is 11.8. The molecule has 2 rings (SSSR count). The topological polar surface area (TPSA) is 91.2 Å². The van der Waals surface area contributed by atoms with Crippen LogP contribution < -0.4 is 10.2 Å². The van der Waals surface area contributed by atoms with Crippen molar-refractivity contribution < 1.29 is 19.7 Å². The molecule has 0 fully saturated rings. The summed E-state index contributed by atoms with van der Waals surface area (Å²) in [5.74, 6) is 0.333. The molecule has 144 valence electrons. The fourth-order valence-corrected chi connectivity index (χ4v) is 3.35. The molecule has 3 N–H and O–H groups in total. The van der Waals surface area contributed by atoms with E-state index in [1.54, 1.807) is 0 Å². The Balaban J connectivity index is 1.89. The van der Waals surface area contributed by atoms with Crippen molar-refractivity contribution in [1.29, 1.82) is 0 Å².